The zero-order chi connectivity index (χ0) is 18.4. The van der Waals surface area contributed by atoms with Crippen molar-refractivity contribution < 1.29 is 13.2 Å². The van der Waals surface area contributed by atoms with Gasteiger partial charge in [-0.2, -0.15) is 0 Å². The molecule has 134 valence electrons. The van der Waals surface area contributed by atoms with Gasteiger partial charge in [-0.05, 0) is 56.2 Å². The molecule has 0 heterocycles. The zero-order valence-electron chi connectivity index (χ0n) is 14.8. The fourth-order valence-corrected chi connectivity index (χ4v) is 3.67. The maximum atomic E-state index is 12.4. The van der Waals surface area contributed by atoms with Crippen LogP contribution < -0.4 is 4.72 Å². The number of carbonyl (C=O) groups excluding carboxylic acids is 1. The van der Waals surface area contributed by atoms with Gasteiger partial charge in [-0.1, -0.05) is 24.3 Å². The van der Waals surface area contributed by atoms with Crippen molar-refractivity contribution in [2.75, 3.05) is 13.1 Å². The number of nitrogens with zero attached hydrogens (tertiary/aromatic N) is 1. The Morgan fingerprint density at radius 3 is 2.36 bits per heavy atom. The molecule has 0 unspecified atom stereocenters. The minimum Gasteiger partial charge on any atom is -0.339 e. The van der Waals surface area contributed by atoms with E-state index in [-0.39, 0.29) is 17.3 Å². The molecule has 0 bridgehead atoms. The Morgan fingerprint density at radius 2 is 1.72 bits per heavy atom. The molecule has 0 saturated heterocycles. The maximum absolute atomic E-state index is 12.4. The van der Waals surface area contributed by atoms with Gasteiger partial charge in [-0.3, -0.25) is 4.79 Å². The summed E-state index contributed by atoms with van der Waals surface area (Å²) in [5, 5.41) is 0. The van der Waals surface area contributed by atoms with E-state index >= 15 is 0 Å². The molecule has 0 aliphatic carbocycles. The van der Waals surface area contributed by atoms with Crippen molar-refractivity contribution in [2.24, 2.45) is 0 Å². The van der Waals surface area contributed by atoms with Crippen LogP contribution in [0.4, 0.5) is 0 Å². The van der Waals surface area contributed by atoms with Gasteiger partial charge < -0.3 is 4.90 Å². The molecule has 5 nitrogen and oxygen atoms in total. The van der Waals surface area contributed by atoms with Crippen molar-refractivity contribution in [3.05, 3.63) is 65.2 Å². The SMILES string of the molecule is CCN(CC)C(=O)c1cccc(CNS(=O)(=O)c2cccc(C)c2)c1. The van der Waals surface area contributed by atoms with Crippen LogP contribution in [-0.2, 0) is 16.6 Å². The zero-order valence-corrected chi connectivity index (χ0v) is 15.6. The fourth-order valence-electron chi connectivity index (χ4n) is 2.55. The molecule has 0 saturated carbocycles. The minimum atomic E-state index is -3.59. The Morgan fingerprint density at radius 1 is 1.04 bits per heavy atom. The summed E-state index contributed by atoms with van der Waals surface area (Å²) in [6.07, 6.45) is 0. The van der Waals surface area contributed by atoms with Crippen molar-refractivity contribution in [1.82, 2.24) is 9.62 Å². The minimum absolute atomic E-state index is 0.0478. The van der Waals surface area contributed by atoms with E-state index < -0.39 is 10.0 Å². The Kier molecular flexibility index (Phi) is 6.33. The van der Waals surface area contributed by atoms with Gasteiger partial charge in [0.05, 0.1) is 4.90 Å². The molecule has 1 N–H and O–H groups in total. The second-order valence-electron chi connectivity index (χ2n) is 5.82. The molecule has 0 atom stereocenters. The van der Waals surface area contributed by atoms with Gasteiger partial charge in [-0.15, -0.1) is 0 Å². The van der Waals surface area contributed by atoms with Crippen molar-refractivity contribution in [3.8, 4) is 0 Å². The summed E-state index contributed by atoms with van der Waals surface area (Å²) >= 11 is 0. The monoisotopic (exact) mass is 360 g/mol. The van der Waals surface area contributed by atoms with E-state index in [1.165, 1.54) is 0 Å². The van der Waals surface area contributed by atoms with Gasteiger partial charge in [0, 0.05) is 25.2 Å². The quantitative estimate of drug-likeness (QED) is 0.825. The first kappa shape index (κ1) is 19.1. The number of benzene rings is 2. The predicted octanol–water partition coefficient (Wildman–Crippen LogP) is 2.96. The maximum Gasteiger partial charge on any atom is 0.253 e. The first-order valence-electron chi connectivity index (χ1n) is 8.32. The lowest BCUT2D eigenvalue weighted by atomic mass is 10.1. The summed E-state index contributed by atoms with van der Waals surface area (Å²) in [7, 11) is -3.59. The van der Waals surface area contributed by atoms with Crippen molar-refractivity contribution in [3.63, 3.8) is 0 Å². The standard InChI is InChI=1S/C19H24N2O3S/c1-4-21(5-2)19(22)17-10-7-9-16(13-17)14-20-25(23,24)18-11-6-8-15(3)12-18/h6-13,20H,4-5,14H2,1-3H3. The molecular weight excluding hydrogens is 336 g/mol. The molecule has 0 radical (unpaired) electrons. The van der Waals surface area contributed by atoms with E-state index in [0.29, 0.717) is 18.7 Å². The second-order valence-corrected chi connectivity index (χ2v) is 7.59. The van der Waals surface area contributed by atoms with Crippen molar-refractivity contribution in [1.29, 1.82) is 0 Å². The van der Waals surface area contributed by atoms with Crippen LogP contribution in [0.1, 0.15) is 35.3 Å². The van der Waals surface area contributed by atoms with E-state index in [4.69, 9.17) is 0 Å². The van der Waals surface area contributed by atoms with Gasteiger partial charge >= 0.3 is 0 Å². The van der Waals surface area contributed by atoms with Crippen LogP contribution >= 0.6 is 0 Å². The van der Waals surface area contributed by atoms with E-state index in [1.807, 2.05) is 26.8 Å². The van der Waals surface area contributed by atoms with Crippen LogP contribution in [0.15, 0.2) is 53.4 Å². The van der Waals surface area contributed by atoms with Crippen LogP contribution in [0, 0.1) is 6.92 Å². The number of hydrogen-bond donors (Lipinski definition) is 1. The van der Waals surface area contributed by atoms with Crippen LogP contribution in [0.5, 0.6) is 0 Å². The van der Waals surface area contributed by atoms with Gasteiger partial charge in [0.2, 0.25) is 10.0 Å². The molecule has 2 rings (SSSR count). The molecule has 0 spiro atoms. The lowest BCUT2D eigenvalue weighted by molar-refractivity contribution is 0.0773. The van der Waals surface area contributed by atoms with Crippen LogP contribution in [0.3, 0.4) is 0 Å². The molecule has 2 aromatic rings. The number of carbonyl (C=O) groups is 1. The summed E-state index contributed by atoms with van der Waals surface area (Å²) in [6.45, 7) is 7.12. The molecule has 0 aromatic heterocycles. The Balaban J connectivity index is 2.13. The highest BCUT2D eigenvalue weighted by molar-refractivity contribution is 7.89. The molecular formula is C19H24N2O3S. The number of sulfonamides is 1. The third-order valence-electron chi connectivity index (χ3n) is 3.99. The highest BCUT2D eigenvalue weighted by atomic mass is 32.2. The Bertz CT molecular complexity index is 843. The second kappa shape index (κ2) is 8.27. The van der Waals surface area contributed by atoms with Gasteiger partial charge in [0.1, 0.15) is 0 Å². The summed E-state index contributed by atoms with van der Waals surface area (Å²) in [6, 6.07) is 13.8. The molecule has 6 heteroatoms. The molecule has 1 amide bonds. The number of amides is 1. The largest absolute Gasteiger partial charge is 0.339 e. The first-order valence-corrected chi connectivity index (χ1v) is 9.80. The number of rotatable bonds is 7. The van der Waals surface area contributed by atoms with Gasteiger partial charge in [0.25, 0.3) is 5.91 Å². The molecule has 0 aliphatic heterocycles. The third kappa shape index (κ3) is 4.90. The smallest absolute Gasteiger partial charge is 0.253 e. The lowest BCUT2D eigenvalue weighted by Gasteiger charge is -2.19. The average molecular weight is 360 g/mol. The van der Waals surface area contributed by atoms with E-state index in [9.17, 15) is 13.2 Å². The summed E-state index contributed by atoms with van der Waals surface area (Å²) in [4.78, 5) is 14.4. The van der Waals surface area contributed by atoms with Crippen LogP contribution in [0.25, 0.3) is 0 Å². The molecule has 2 aromatic carbocycles. The Hall–Kier alpha value is -2.18. The number of aryl methyl sites for hydroxylation is 1. The summed E-state index contributed by atoms with van der Waals surface area (Å²) < 4.78 is 27.4. The first-order chi connectivity index (χ1) is 11.9. The Labute approximate surface area is 149 Å². The van der Waals surface area contributed by atoms with Gasteiger partial charge in [-0.25, -0.2) is 13.1 Å². The molecule has 0 aliphatic rings. The number of hydrogen-bond acceptors (Lipinski definition) is 3. The normalized spacial score (nSPS) is 11.3. The van der Waals surface area contributed by atoms with Crippen LogP contribution in [0.2, 0.25) is 0 Å². The highest BCUT2D eigenvalue weighted by Gasteiger charge is 2.15. The highest BCUT2D eigenvalue weighted by Crippen LogP contribution is 2.13. The summed E-state index contributed by atoms with van der Waals surface area (Å²) in [5.41, 5.74) is 2.19. The predicted molar refractivity (Wildman–Crippen MR) is 98.9 cm³/mol. The van der Waals surface area contributed by atoms with Crippen molar-refractivity contribution in [2.45, 2.75) is 32.2 Å². The molecule has 25 heavy (non-hydrogen) atoms. The van der Waals surface area contributed by atoms with E-state index in [1.54, 1.807) is 47.4 Å². The molecule has 0 fully saturated rings. The van der Waals surface area contributed by atoms with E-state index in [2.05, 4.69) is 4.72 Å². The van der Waals surface area contributed by atoms with Crippen molar-refractivity contribution >= 4 is 15.9 Å². The lowest BCUT2D eigenvalue weighted by Crippen LogP contribution is -2.30. The average Bonchev–Trinajstić information content (AvgIpc) is 2.61. The van der Waals surface area contributed by atoms with E-state index in [0.717, 1.165) is 11.1 Å². The third-order valence-corrected chi connectivity index (χ3v) is 5.39. The summed E-state index contributed by atoms with van der Waals surface area (Å²) in [5.74, 6) is -0.0478. The van der Waals surface area contributed by atoms with Gasteiger partial charge in [0.15, 0.2) is 0 Å². The van der Waals surface area contributed by atoms with Crippen LogP contribution in [-0.4, -0.2) is 32.3 Å². The number of nitrogens with one attached hydrogen (secondary N) is 1. The topological polar surface area (TPSA) is 66.5 Å². The fraction of sp³-hybridized carbons (Fsp3) is 0.316.